The Kier molecular flexibility index (Phi) is 6.27. The quantitative estimate of drug-likeness (QED) is 0.535. The van der Waals surface area contributed by atoms with Gasteiger partial charge in [0.1, 0.15) is 5.60 Å². The highest BCUT2D eigenvalue weighted by Crippen LogP contribution is 2.46. The van der Waals surface area contributed by atoms with Crippen molar-refractivity contribution in [2.24, 2.45) is 0 Å². The minimum Gasteiger partial charge on any atom is -0.378 e. The molecular formula is C24H31F3O2. The number of hydrogen-bond acceptors (Lipinski definition) is 2. The first-order chi connectivity index (χ1) is 13.2. The van der Waals surface area contributed by atoms with Crippen molar-refractivity contribution in [1.82, 2.24) is 0 Å². The molecule has 0 heterocycles. The number of aliphatic hydroxyl groups is 1. The molecule has 0 aliphatic heterocycles. The fourth-order valence-electron chi connectivity index (χ4n) is 3.59. The summed E-state index contributed by atoms with van der Waals surface area (Å²) in [6.45, 7) is 13.0. The predicted octanol–water partition coefficient (Wildman–Crippen LogP) is 7.00. The second-order valence-corrected chi connectivity index (χ2v) is 8.44. The van der Waals surface area contributed by atoms with Crippen LogP contribution in [-0.4, -0.2) is 22.5 Å². The number of ether oxygens (including phenoxy) is 1. The molecule has 0 amide bonds. The maximum Gasteiger partial charge on any atom is 0.419 e. The van der Waals surface area contributed by atoms with E-state index in [0.29, 0.717) is 12.8 Å². The van der Waals surface area contributed by atoms with E-state index < -0.39 is 23.0 Å². The van der Waals surface area contributed by atoms with E-state index in [0.717, 1.165) is 34.4 Å². The van der Waals surface area contributed by atoms with Crippen molar-refractivity contribution >= 4 is 16.3 Å². The summed E-state index contributed by atoms with van der Waals surface area (Å²) >= 11 is 0. The number of benzene rings is 2. The zero-order valence-electron chi connectivity index (χ0n) is 18.1. The van der Waals surface area contributed by atoms with Gasteiger partial charge in [-0.1, -0.05) is 50.3 Å². The van der Waals surface area contributed by atoms with Gasteiger partial charge in [0.05, 0.1) is 5.60 Å². The second kappa shape index (κ2) is 7.77. The molecule has 29 heavy (non-hydrogen) atoms. The first-order valence-electron chi connectivity index (χ1n) is 9.90. The van der Waals surface area contributed by atoms with E-state index >= 15 is 0 Å². The van der Waals surface area contributed by atoms with Gasteiger partial charge in [-0.25, -0.2) is 0 Å². The Morgan fingerprint density at radius 3 is 1.97 bits per heavy atom. The molecule has 0 spiro atoms. The Morgan fingerprint density at radius 2 is 1.48 bits per heavy atom. The van der Waals surface area contributed by atoms with Gasteiger partial charge in [-0.05, 0) is 74.6 Å². The Bertz CT molecular complexity index is 891. The molecule has 0 aliphatic carbocycles. The van der Waals surface area contributed by atoms with Gasteiger partial charge in [0.2, 0.25) is 0 Å². The van der Waals surface area contributed by atoms with Crippen molar-refractivity contribution in [2.75, 3.05) is 0 Å². The van der Waals surface area contributed by atoms with Crippen molar-refractivity contribution in [3.8, 4) is 0 Å². The molecule has 2 nitrogen and oxygen atoms in total. The van der Waals surface area contributed by atoms with Crippen LogP contribution in [0.4, 0.5) is 13.2 Å². The van der Waals surface area contributed by atoms with Crippen LogP contribution in [0.2, 0.25) is 0 Å². The molecule has 0 fully saturated rings. The summed E-state index contributed by atoms with van der Waals surface area (Å²) in [5.74, 6) is 0. The van der Waals surface area contributed by atoms with Crippen LogP contribution in [0, 0.1) is 0 Å². The van der Waals surface area contributed by atoms with E-state index in [-0.39, 0.29) is 0 Å². The van der Waals surface area contributed by atoms with E-state index in [1.165, 1.54) is 13.8 Å². The summed E-state index contributed by atoms with van der Waals surface area (Å²) in [4.78, 5) is 0. The fraction of sp³-hybridized carbons (Fsp3) is 0.500. The summed E-state index contributed by atoms with van der Waals surface area (Å²) in [5.41, 5.74) is -3.00. The van der Waals surface area contributed by atoms with Crippen molar-refractivity contribution in [2.45, 2.75) is 77.4 Å². The number of fused-ring (bicyclic) bond motifs is 1. The van der Waals surface area contributed by atoms with E-state index in [4.69, 9.17) is 4.74 Å². The molecule has 0 saturated carbocycles. The Morgan fingerprint density at radius 1 is 0.966 bits per heavy atom. The van der Waals surface area contributed by atoms with Gasteiger partial charge in [0, 0.05) is 0 Å². The van der Waals surface area contributed by atoms with Gasteiger partial charge in [-0.2, -0.15) is 13.2 Å². The maximum atomic E-state index is 13.5. The van der Waals surface area contributed by atoms with Crippen LogP contribution in [0.3, 0.4) is 0 Å². The van der Waals surface area contributed by atoms with Gasteiger partial charge in [0.15, 0.2) is 5.60 Å². The first kappa shape index (κ1) is 23.4. The molecule has 1 unspecified atom stereocenters. The van der Waals surface area contributed by atoms with E-state index in [9.17, 15) is 18.3 Å². The molecule has 1 atom stereocenters. The molecule has 0 radical (unpaired) electrons. The molecule has 5 heteroatoms. The Hall–Kier alpha value is -1.85. The lowest BCUT2D eigenvalue weighted by Crippen LogP contribution is -2.61. The third-order valence-corrected chi connectivity index (χ3v) is 6.18. The second-order valence-electron chi connectivity index (χ2n) is 8.44. The van der Waals surface area contributed by atoms with Crippen molar-refractivity contribution in [3.05, 3.63) is 54.1 Å². The van der Waals surface area contributed by atoms with Crippen LogP contribution in [0.5, 0.6) is 0 Å². The normalized spacial score (nSPS) is 15.4. The zero-order valence-corrected chi connectivity index (χ0v) is 18.1. The van der Waals surface area contributed by atoms with Crippen LogP contribution in [0.25, 0.3) is 16.3 Å². The molecule has 2 aromatic rings. The zero-order chi connectivity index (χ0) is 22.3. The highest BCUT2D eigenvalue weighted by atomic mass is 19.4. The van der Waals surface area contributed by atoms with E-state index in [1.807, 2.05) is 57.2 Å². The third kappa shape index (κ3) is 4.22. The standard InChI is InChI=1S/C24H31F3O2/c1-8-23(9-2,29-21(5,6)22(7,28)24(25,26)27)20-13-12-18-14-17(16(3)4)10-11-19(18)15-20/h10-15,28H,3,8-9H2,1-2,4-7H3. The molecule has 0 aliphatic rings. The van der Waals surface area contributed by atoms with Crippen molar-refractivity contribution < 1.29 is 23.0 Å². The summed E-state index contributed by atoms with van der Waals surface area (Å²) < 4.78 is 46.6. The van der Waals surface area contributed by atoms with Gasteiger partial charge in [-0.3, -0.25) is 0 Å². The average molecular weight is 409 g/mol. The van der Waals surface area contributed by atoms with Crippen LogP contribution < -0.4 is 0 Å². The molecule has 2 rings (SSSR count). The first-order valence-corrected chi connectivity index (χ1v) is 9.90. The summed E-state index contributed by atoms with van der Waals surface area (Å²) in [7, 11) is 0. The van der Waals surface area contributed by atoms with Gasteiger partial charge < -0.3 is 9.84 Å². The highest BCUT2D eigenvalue weighted by Gasteiger charge is 2.61. The summed E-state index contributed by atoms with van der Waals surface area (Å²) in [6, 6.07) is 11.8. The number of hydrogen-bond donors (Lipinski definition) is 1. The van der Waals surface area contributed by atoms with Crippen LogP contribution in [-0.2, 0) is 10.3 Å². The Balaban J connectivity index is 2.54. The fourth-order valence-corrected chi connectivity index (χ4v) is 3.59. The van der Waals surface area contributed by atoms with E-state index in [2.05, 4.69) is 6.58 Å². The minimum absolute atomic E-state index is 0.468. The number of rotatable bonds is 7. The van der Waals surface area contributed by atoms with E-state index in [1.54, 1.807) is 0 Å². The molecular weight excluding hydrogens is 377 g/mol. The lowest BCUT2D eigenvalue weighted by molar-refractivity contribution is -0.332. The molecule has 0 saturated heterocycles. The summed E-state index contributed by atoms with van der Waals surface area (Å²) in [5, 5.41) is 12.3. The maximum absolute atomic E-state index is 13.5. The smallest absolute Gasteiger partial charge is 0.378 e. The number of halogens is 3. The van der Waals surface area contributed by atoms with Gasteiger partial charge in [-0.15, -0.1) is 0 Å². The van der Waals surface area contributed by atoms with Crippen LogP contribution in [0.15, 0.2) is 43.0 Å². The minimum atomic E-state index is -4.81. The number of allylic oxidation sites excluding steroid dienone is 1. The van der Waals surface area contributed by atoms with Crippen LogP contribution >= 0.6 is 0 Å². The monoisotopic (exact) mass is 408 g/mol. The molecule has 1 N–H and O–H groups in total. The largest absolute Gasteiger partial charge is 0.419 e. The Labute approximate surface area is 171 Å². The molecule has 160 valence electrons. The lowest BCUT2D eigenvalue weighted by atomic mass is 9.82. The highest BCUT2D eigenvalue weighted by molar-refractivity contribution is 5.86. The van der Waals surface area contributed by atoms with Crippen molar-refractivity contribution in [3.63, 3.8) is 0 Å². The van der Waals surface area contributed by atoms with Crippen molar-refractivity contribution in [1.29, 1.82) is 0 Å². The predicted molar refractivity (Wildman–Crippen MR) is 113 cm³/mol. The molecule has 0 aromatic heterocycles. The number of alkyl halides is 3. The van der Waals surface area contributed by atoms with Crippen LogP contribution in [0.1, 0.15) is 65.5 Å². The average Bonchev–Trinajstić information content (AvgIpc) is 2.64. The van der Waals surface area contributed by atoms with Gasteiger partial charge in [0.25, 0.3) is 0 Å². The molecule has 2 aromatic carbocycles. The third-order valence-electron chi connectivity index (χ3n) is 6.18. The topological polar surface area (TPSA) is 29.5 Å². The summed E-state index contributed by atoms with van der Waals surface area (Å²) in [6.07, 6.45) is -3.88. The van der Waals surface area contributed by atoms with Gasteiger partial charge >= 0.3 is 6.18 Å². The lowest BCUT2D eigenvalue weighted by Gasteiger charge is -2.47. The SMILES string of the molecule is C=C(C)c1ccc2cc(C(CC)(CC)OC(C)(C)C(C)(O)C(F)(F)F)ccc2c1. The molecule has 0 bridgehead atoms.